The molecule has 10 heteroatoms. The predicted octanol–water partition coefficient (Wildman–Crippen LogP) is 3.46. The molecule has 3 fully saturated rings. The van der Waals surface area contributed by atoms with E-state index in [1.165, 1.54) is 0 Å². The maximum absolute atomic E-state index is 13.2. The number of hydrogen-bond donors (Lipinski definition) is 2. The summed E-state index contributed by atoms with van der Waals surface area (Å²) in [7, 11) is 0. The van der Waals surface area contributed by atoms with Crippen LogP contribution in [-0.2, 0) is 33.3 Å². The fourth-order valence-corrected chi connectivity index (χ4v) is 5.73. The number of aliphatic hydroxyl groups excluding tert-OH is 1. The normalized spacial score (nSPS) is 29.2. The van der Waals surface area contributed by atoms with Crippen molar-refractivity contribution in [3.05, 3.63) is 53.1 Å². The van der Waals surface area contributed by atoms with Crippen molar-refractivity contribution in [2.24, 2.45) is 5.92 Å². The van der Waals surface area contributed by atoms with Crippen molar-refractivity contribution in [2.75, 3.05) is 13.4 Å². The van der Waals surface area contributed by atoms with E-state index in [1.807, 2.05) is 18.2 Å². The van der Waals surface area contributed by atoms with Crippen molar-refractivity contribution in [3.63, 3.8) is 0 Å². The number of esters is 2. The molecule has 2 N–H and O–H groups in total. The van der Waals surface area contributed by atoms with Gasteiger partial charge in [0.1, 0.15) is 30.7 Å². The molecule has 2 aliphatic heterocycles. The minimum atomic E-state index is -0.738. The number of benzene rings is 1. The molecule has 2 aliphatic carbocycles. The summed E-state index contributed by atoms with van der Waals surface area (Å²) < 4.78 is 28.1. The Morgan fingerprint density at radius 2 is 2.00 bits per heavy atom. The highest BCUT2D eigenvalue weighted by Crippen LogP contribution is 2.40. The SMILES string of the molecule is CC(C)(C)OC(=O)CC[C@@H](CO)NC(=O)C1=C[C@H]2OCO[C@H]2[C@H](OC(=O)c2cccc(C=CC3CCC4OC4C3)c2)C1. The van der Waals surface area contributed by atoms with Gasteiger partial charge >= 0.3 is 11.9 Å². The molecule has 1 aromatic rings. The van der Waals surface area contributed by atoms with E-state index in [-0.39, 0.29) is 32.7 Å². The van der Waals surface area contributed by atoms with Crippen LogP contribution in [-0.4, -0.2) is 78.5 Å². The van der Waals surface area contributed by atoms with Gasteiger partial charge in [0.2, 0.25) is 5.91 Å². The van der Waals surface area contributed by atoms with Gasteiger partial charge in [0.05, 0.1) is 30.4 Å². The fraction of sp³-hybridized carbons (Fsp3) is 0.594. The second-order valence-corrected chi connectivity index (χ2v) is 12.5. The molecular weight excluding hydrogens is 542 g/mol. The highest BCUT2D eigenvalue weighted by atomic mass is 16.7. The summed E-state index contributed by atoms with van der Waals surface area (Å²) >= 11 is 0. The van der Waals surface area contributed by atoms with Crippen molar-refractivity contribution < 1.29 is 43.2 Å². The lowest BCUT2D eigenvalue weighted by molar-refractivity contribution is -0.155. The first kappa shape index (κ1) is 30.4. The molecular formula is C32H41NO9. The maximum atomic E-state index is 13.2. The van der Waals surface area contributed by atoms with Gasteiger partial charge in [-0.2, -0.15) is 0 Å². The number of nitrogens with one attached hydrogen (secondary N) is 1. The van der Waals surface area contributed by atoms with Crippen molar-refractivity contribution in [1.29, 1.82) is 0 Å². The minimum Gasteiger partial charge on any atom is -0.460 e. The van der Waals surface area contributed by atoms with E-state index >= 15 is 0 Å². The first-order valence-corrected chi connectivity index (χ1v) is 14.8. The third kappa shape index (κ3) is 8.06. The van der Waals surface area contributed by atoms with Crippen molar-refractivity contribution in [2.45, 2.75) is 101 Å². The Morgan fingerprint density at radius 1 is 1.17 bits per heavy atom. The molecule has 4 aliphatic rings. The lowest BCUT2D eigenvalue weighted by Gasteiger charge is -2.30. The van der Waals surface area contributed by atoms with Gasteiger partial charge in [-0.3, -0.25) is 9.59 Å². The van der Waals surface area contributed by atoms with Gasteiger partial charge in [0.25, 0.3) is 0 Å². The molecule has 2 saturated heterocycles. The third-order valence-corrected chi connectivity index (χ3v) is 7.95. The lowest BCUT2D eigenvalue weighted by Crippen LogP contribution is -2.45. The number of epoxide rings is 1. The van der Waals surface area contributed by atoms with E-state index in [1.54, 1.807) is 39.0 Å². The van der Waals surface area contributed by atoms with Gasteiger partial charge in [0, 0.05) is 18.4 Å². The Bertz CT molecular complexity index is 1220. The zero-order valence-electron chi connectivity index (χ0n) is 24.5. The molecule has 0 bridgehead atoms. The Hall–Kier alpha value is -3.05. The van der Waals surface area contributed by atoms with Crippen molar-refractivity contribution in [3.8, 4) is 0 Å². The molecule has 42 heavy (non-hydrogen) atoms. The molecule has 5 rings (SSSR count). The summed E-state index contributed by atoms with van der Waals surface area (Å²) in [5.41, 5.74) is 1.06. The average molecular weight is 584 g/mol. The second kappa shape index (κ2) is 13.1. The van der Waals surface area contributed by atoms with Gasteiger partial charge in [-0.15, -0.1) is 0 Å². The number of rotatable bonds is 10. The number of fused-ring (bicyclic) bond motifs is 2. The van der Waals surface area contributed by atoms with E-state index in [4.69, 9.17) is 23.7 Å². The van der Waals surface area contributed by atoms with Gasteiger partial charge in [-0.1, -0.05) is 24.3 Å². The van der Waals surface area contributed by atoms with Gasteiger partial charge in [0.15, 0.2) is 0 Å². The molecule has 2 heterocycles. The number of hydrogen-bond acceptors (Lipinski definition) is 9. The number of amides is 1. The van der Waals surface area contributed by atoms with E-state index in [2.05, 4.69) is 11.4 Å². The zero-order valence-corrected chi connectivity index (χ0v) is 24.5. The van der Waals surface area contributed by atoms with Crippen LogP contribution in [0.3, 0.4) is 0 Å². The molecule has 0 spiro atoms. The number of ether oxygens (including phenoxy) is 5. The number of carbonyl (C=O) groups excluding carboxylic acids is 3. The molecule has 1 aromatic carbocycles. The Morgan fingerprint density at radius 3 is 2.76 bits per heavy atom. The molecule has 228 valence electrons. The summed E-state index contributed by atoms with van der Waals surface area (Å²) in [6, 6.07) is 6.62. The standard InChI is InChI=1S/C32H41NO9/c1-32(2,3)42-28(35)12-10-23(17-34)33-30(36)22-15-26-29(39-18-38-26)27(16-22)41-31(37)21-6-4-5-19(13-21)7-8-20-9-11-24-25(14-20)40-24/h4-8,13,15,20,23-27,29,34H,9-12,14,16-18H2,1-3H3,(H,33,36)/t20?,23-,24?,25?,26+,27+,29+/m0/s1. The summed E-state index contributed by atoms with van der Waals surface area (Å²) in [6.07, 6.45) is 8.60. The predicted molar refractivity (Wildman–Crippen MR) is 152 cm³/mol. The first-order valence-electron chi connectivity index (χ1n) is 14.8. The van der Waals surface area contributed by atoms with Crippen LogP contribution in [0, 0.1) is 5.92 Å². The highest BCUT2D eigenvalue weighted by molar-refractivity contribution is 5.94. The Balaban J connectivity index is 1.18. The molecule has 1 amide bonds. The Kier molecular flexibility index (Phi) is 9.47. The van der Waals surface area contributed by atoms with Gasteiger partial charge in [-0.05, 0) is 76.1 Å². The molecule has 3 unspecified atom stereocenters. The van der Waals surface area contributed by atoms with E-state index in [9.17, 15) is 19.5 Å². The highest BCUT2D eigenvalue weighted by Gasteiger charge is 2.44. The second-order valence-electron chi connectivity index (χ2n) is 12.5. The van der Waals surface area contributed by atoms with Gasteiger partial charge < -0.3 is 34.1 Å². The van der Waals surface area contributed by atoms with Crippen LogP contribution < -0.4 is 5.32 Å². The first-order chi connectivity index (χ1) is 20.1. The van der Waals surface area contributed by atoms with E-state index < -0.39 is 47.8 Å². The van der Waals surface area contributed by atoms with Crippen molar-refractivity contribution >= 4 is 23.9 Å². The monoisotopic (exact) mass is 583 g/mol. The Labute approximate surface area is 246 Å². The largest absolute Gasteiger partial charge is 0.460 e. The van der Waals surface area contributed by atoms with Crippen LogP contribution in [0.15, 0.2) is 42.0 Å². The lowest BCUT2D eigenvalue weighted by atomic mass is 9.88. The summed E-state index contributed by atoms with van der Waals surface area (Å²) in [6.45, 7) is 5.02. The average Bonchev–Trinajstić information content (AvgIpc) is 3.57. The smallest absolute Gasteiger partial charge is 0.338 e. The van der Waals surface area contributed by atoms with Crippen LogP contribution in [0.25, 0.3) is 6.08 Å². The van der Waals surface area contributed by atoms with Crippen LogP contribution >= 0.6 is 0 Å². The van der Waals surface area contributed by atoms with E-state index in [0.717, 1.165) is 24.8 Å². The molecule has 1 saturated carbocycles. The van der Waals surface area contributed by atoms with Crippen LogP contribution in [0.1, 0.15) is 75.2 Å². The fourth-order valence-electron chi connectivity index (χ4n) is 5.73. The maximum Gasteiger partial charge on any atom is 0.338 e. The third-order valence-electron chi connectivity index (χ3n) is 7.95. The molecule has 10 nitrogen and oxygen atoms in total. The van der Waals surface area contributed by atoms with Crippen molar-refractivity contribution in [1.82, 2.24) is 5.32 Å². The van der Waals surface area contributed by atoms with E-state index in [0.29, 0.717) is 29.3 Å². The molecule has 0 radical (unpaired) electrons. The van der Waals surface area contributed by atoms with Crippen LogP contribution in [0.5, 0.6) is 0 Å². The molecule has 7 atom stereocenters. The number of aliphatic hydroxyl groups is 1. The summed E-state index contributed by atoms with van der Waals surface area (Å²) in [5.74, 6) is -0.866. The van der Waals surface area contributed by atoms with Crippen LogP contribution in [0.4, 0.5) is 0 Å². The van der Waals surface area contributed by atoms with Crippen LogP contribution in [0.2, 0.25) is 0 Å². The number of allylic oxidation sites excluding steroid dienone is 1. The zero-order chi connectivity index (χ0) is 29.9. The summed E-state index contributed by atoms with van der Waals surface area (Å²) in [4.78, 5) is 38.4. The van der Waals surface area contributed by atoms with Gasteiger partial charge in [-0.25, -0.2) is 4.79 Å². The number of carbonyl (C=O) groups is 3. The molecule has 0 aromatic heterocycles. The summed E-state index contributed by atoms with van der Waals surface area (Å²) in [5, 5.41) is 12.6. The topological polar surface area (TPSA) is 133 Å². The quantitative estimate of drug-likeness (QED) is 0.314. The minimum absolute atomic E-state index is 0.0258.